The van der Waals surface area contributed by atoms with E-state index in [1.807, 2.05) is 13.8 Å². The smallest absolute Gasteiger partial charge is 0.273 e. The molecular formula is C13H18N2O4. The summed E-state index contributed by atoms with van der Waals surface area (Å²) in [6.07, 6.45) is 0.437. The molecule has 0 spiro atoms. The molecular weight excluding hydrogens is 248 g/mol. The van der Waals surface area contributed by atoms with E-state index in [9.17, 15) is 10.1 Å². The molecule has 0 bridgehead atoms. The summed E-state index contributed by atoms with van der Waals surface area (Å²) in [6.45, 7) is 4.33. The summed E-state index contributed by atoms with van der Waals surface area (Å²) in [4.78, 5) is 10.3. The van der Waals surface area contributed by atoms with Gasteiger partial charge in [0, 0.05) is 25.1 Å². The van der Waals surface area contributed by atoms with Crippen LogP contribution in [-0.2, 0) is 4.74 Å². The van der Waals surface area contributed by atoms with Gasteiger partial charge in [-0.15, -0.1) is 0 Å². The minimum Gasteiger partial charge on any atom is -0.487 e. The molecule has 3 atom stereocenters. The average Bonchev–Trinajstić information content (AvgIpc) is 2.37. The highest BCUT2D eigenvalue weighted by Crippen LogP contribution is 2.31. The molecule has 0 radical (unpaired) electrons. The standard InChI is InChI=1S/C13H18N2O4/c1-3-18-13-10(14)7-12(13)19-11-6-9(15(16)17)5-4-8(11)2/h4-6,10,12-13H,3,7,14H2,1-2H3. The Bertz CT molecular complexity index is 478. The van der Waals surface area contributed by atoms with E-state index in [0.717, 1.165) is 5.56 Å². The molecule has 104 valence electrons. The summed E-state index contributed by atoms with van der Waals surface area (Å²) in [5, 5.41) is 10.8. The van der Waals surface area contributed by atoms with Gasteiger partial charge in [-0.1, -0.05) is 0 Å². The predicted octanol–water partition coefficient (Wildman–Crippen LogP) is 1.79. The summed E-state index contributed by atoms with van der Waals surface area (Å²) in [5.41, 5.74) is 6.74. The van der Waals surface area contributed by atoms with Crippen LogP contribution in [-0.4, -0.2) is 29.8 Å². The molecule has 0 saturated heterocycles. The first-order valence-electron chi connectivity index (χ1n) is 6.31. The van der Waals surface area contributed by atoms with Gasteiger partial charge in [0.15, 0.2) is 0 Å². The number of nitrogens with two attached hydrogens (primary N) is 1. The van der Waals surface area contributed by atoms with Gasteiger partial charge >= 0.3 is 0 Å². The van der Waals surface area contributed by atoms with E-state index in [2.05, 4.69) is 0 Å². The Kier molecular flexibility index (Phi) is 4.01. The van der Waals surface area contributed by atoms with Gasteiger partial charge in [0.05, 0.1) is 11.0 Å². The summed E-state index contributed by atoms with van der Waals surface area (Å²) in [6, 6.07) is 4.57. The number of ether oxygens (including phenoxy) is 2. The lowest BCUT2D eigenvalue weighted by molar-refractivity contribution is -0.385. The second kappa shape index (κ2) is 5.54. The van der Waals surface area contributed by atoms with Gasteiger partial charge in [-0.05, 0) is 25.5 Å². The lowest BCUT2D eigenvalue weighted by Gasteiger charge is -2.41. The van der Waals surface area contributed by atoms with E-state index >= 15 is 0 Å². The summed E-state index contributed by atoms with van der Waals surface area (Å²) < 4.78 is 11.3. The number of nitrogens with zero attached hydrogens (tertiary/aromatic N) is 1. The fourth-order valence-electron chi connectivity index (χ4n) is 2.15. The van der Waals surface area contributed by atoms with Crippen molar-refractivity contribution in [3.8, 4) is 5.75 Å². The quantitative estimate of drug-likeness (QED) is 0.648. The summed E-state index contributed by atoms with van der Waals surface area (Å²) in [5.74, 6) is 0.524. The Balaban J connectivity index is 2.10. The lowest BCUT2D eigenvalue weighted by Crippen LogP contribution is -2.59. The number of rotatable bonds is 5. The van der Waals surface area contributed by atoms with Crippen LogP contribution in [0.15, 0.2) is 18.2 Å². The maximum Gasteiger partial charge on any atom is 0.273 e. The van der Waals surface area contributed by atoms with Gasteiger partial charge in [-0.25, -0.2) is 0 Å². The minimum absolute atomic E-state index is 0.0241. The van der Waals surface area contributed by atoms with Gasteiger partial charge in [-0.3, -0.25) is 10.1 Å². The lowest BCUT2D eigenvalue weighted by atomic mass is 9.86. The normalized spacial score (nSPS) is 25.7. The van der Waals surface area contributed by atoms with Crippen molar-refractivity contribution >= 4 is 5.69 Å². The van der Waals surface area contributed by atoms with Crippen molar-refractivity contribution in [2.45, 2.75) is 38.5 Å². The number of hydrogen-bond acceptors (Lipinski definition) is 5. The average molecular weight is 266 g/mol. The van der Waals surface area contributed by atoms with Crippen LogP contribution in [0.2, 0.25) is 0 Å². The van der Waals surface area contributed by atoms with Crippen molar-refractivity contribution in [2.75, 3.05) is 6.61 Å². The fraction of sp³-hybridized carbons (Fsp3) is 0.538. The molecule has 0 aliphatic heterocycles. The molecule has 1 saturated carbocycles. The van der Waals surface area contributed by atoms with Crippen LogP contribution in [0.4, 0.5) is 5.69 Å². The minimum atomic E-state index is -0.432. The number of nitro benzene ring substituents is 1. The van der Waals surface area contributed by atoms with Crippen molar-refractivity contribution < 1.29 is 14.4 Å². The van der Waals surface area contributed by atoms with Crippen molar-refractivity contribution in [3.05, 3.63) is 33.9 Å². The molecule has 2 N–H and O–H groups in total. The molecule has 2 rings (SSSR count). The molecule has 1 aromatic carbocycles. The first-order valence-corrected chi connectivity index (χ1v) is 6.31. The monoisotopic (exact) mass is 266 g/mol. The van der Waals surface area contributed by atoms with Crippen LogP contribution in [0.3, 0.4) is 0 Å². The molecule has 1 aromatic rings. The van der Waals surface area contributed by atoms with Crippen molar-refractivity contribution in [3.63, 3.8) is 0 Å². The van der Waals surface area contributed by atoms with Crippen molar-refractivity contribution in [1.29, 1.82) is 0 Å². The predicted molar refractivity (Wildman–Crippen MR) is 70.3 cm³/mol. The first-order chi connectivity index (χ1) is 9.02. The molecule has 0 heterocycles. The van der Waals surface area contributed by atoms with E-state index in [4.69, 9.17) is 15.2 Å². The third-order valence-corrected chi connectivity index (χ3v) is 3.31. The number of aryl methyl sites for hydroxylation is 1. The number of hydrogen-bond donors (Lipinski definition) is 1. The van der Waals surface area contributed by atoms with Crippen molar-refractivity contribution in [1.82, 2.24) is 0 Å². The fourth-order valence-corrected chi connectivity index (χ4v) is 2.15. The van der Waals surface area contributed by atoms with Crippen LogP contribution in [0.25, 0.3) is 0 Å². The van der Waals surface area contributed by atoms with E-state index < -0.39 is 4.92 Å². The van der Waals surface area contributed by atoms with Gasteiger partial charge in [0.1, 0.15) is 18.0 Å². The zero-order chi connectivity index (χ0) is 14.0. The topological polar surface area (TPSA) is 87.6 Å². The third-order valence-electron chi connectivity index (χ3n) is 3.31. The second-order valence-electron chi connectivity index (χ2n) is 4.68. The van der Waals surface area contributed by atoms with Crippen LogP contribution in [0.5, 0.6) is 5.75 Å². The largest absolute Gasteiger partial charge is 0.487 e. The van der Waals surface area contributed by atoms with Gasteiger partial charge < -0.3 is 15.2 Å². The molecule has 1 fully saturated rings. The highest BCUT2D eigenvalue weighted by molar-refractivity contribution is 5.43. The Morgan fingerprint density at radius 1 is 1.53 bits per heavy atom. The van der Waals surface area contributed by atoms with E-state index in [1.165, 1.54) is 12.1 Å². The molecule has 6 heteroatoms. The SMILES string of the molecule is CCOC1C(N)CC1Oc1cc([N+](=O)[O-])ccc1C. The molecule has 6 nitrogen and oxygen atoms in total. The van der Waals surface area contributed by atoms with Gasteiger partial charge in [-0.2, -0.15) is 0 Å². The van der Waals surface area contributed by atoms with Gasteiger partial charge in [0.25, 0.3) is 5.69 Å². The number of non-ortho nitro benzene ring substituents is 1. The Hall–Kier alpha value is -1.66. The van der Waals surface area contributed by atoms with E-state index in [-0.39, 0.29) is 23.9 Å². The molecule has 0 amide bonds. The molecule has 1 aliphatic rings. The van der Waals surface area contributed by atoms with E-state index in [0.29, 0.717) is 18.8 Å². The highest BCUT2D eigenvalue weighted by atomic mass is 16.6. The van der Waals surface area contributed by atoms with Crippen LogP contribution in [0.1, 0.15) is 18.9 Å². The maximum atomic E-state index is 10.8. The van der Waals surface area contributed by atoms with E-state index in [1.54, 1.807) is 6.07 Å². The highest BCUT2D eigenvalue weighted by Gasteiger charge is 2.41. The molecule has 1 aliphatic carbocycles. The maximum absolute atomic E-state index is 10.8. The molecule has 3 unspecified atom stereocenters. The summed E-state index contributed by atoms with van der Waals surface area (Å²) in [7, 11) is 0. The Morgan fingerprint density at radius 2 is 2.26 bits per heavy atom. The first kappa shape index (κ1) is 13.8. The number of nitro groups is 1. The zero-order valence-electron chi connectivity index (χ0n) is 11.0. The van der Waals surface area contributed by atoms with Crippen LogP contribution < -0.4 is 10.5 Å². The van der Waals surface area contributed by atoms with Crippen molar-refractivity contribution in [2.24, 2.45) is 5.73 Å². The zero-order valence-corrected chi connectivity index (χ0v) is 11.0. The summed E-state index contributed by atoms with van der Waals surface area (Å²) >= 11 is 0. The van der Waals surface area contributed by atoms with Crippen LogP contribution >= 0.6 is 0 Å². The molecule has 0 aromatic heterocycles. The Labute approximate surface area is 111 Å². The molecule has 19 heavy (non-hydrogen) atoms. The third kappa shape index (κ3) is 2.85. The number of benzene rings is 1. The van der Waals surface area contributed by atoms with Crippen LogP contribution in [0, 0.1) is 17.0 Å². The van der Waals surface area contributed by atoms with Gasteiger partial charge in [0.2, 0.25) is 0 Å². The Morgan fingerprint density at radius 3 is 2.84 bits per heavy atom. The second-order valence-corrected chi connectivity index (χ2v) is 4.68.